The first-order valence-electron chi connectivity index (χ1n) is 16.6. The van der Waals surface area contributed by atoms with Crippen LogP contribution in [0.15, 0.2) is 88.7 Å². The number of benzene rings is 3. The summed E-state index contributed by atoms with van der Waals surface area (Å²) in [5.74, 6) is 1.71. The van der Waals surface area contributed by atoms with E-state index in [1.54, 1.807) is 42.1 Å². The number of ether oxygens (including phenoxy) is 3. The van der Waals surface area contributed by atoms with Crippen LogP contribution in [-0.2, 0) is 14.8 Å². The molecule has 262 valence electrons. The lowest BCUT2D eigenvalue weighted by Crippen LogP contribution is -2.40. The van der Waals surface area contributed by atoms with Crippen molar-refractivity contribution in [2.75, 3.05) is 40.0 Å². The Morgan fingerprint density at radius 1 is 0.961 bits per heavy atom. The Morgan fingerprint density at radius 2 is 1.78 bits per heavy atom. The van der Waals surface area contributed by atoms with E-state index in [1.807, 2.05) is 66.9 Å². The van der Waals surface area contributed by atoms with Crippen molar-refractivity contribution in [2.45, 2.75) is 24.7 Å². The van der Waals surface area contributed by atoms with Crippen molar-refractivity contribution < 1.29 is 22.6 Å². The van der Waals surface area contributed by atoms with Crippen molar-refractivity contribution in [1.29, 1.82) is 0 Å². The topological polar surface area (TPSA) is 130 Å². The van der Waals surface area contributed by atoms with Gasteiger partial charge in [-0.25, -0.2) is 13.1 Å². The predicted octanol–water partition coefficient (Wildman–Crippen LogP) is 4.93. The minimum absolute atomic E-state index is 0.167. The highest BCUT2D eigenvalue weighted by Gasteiger charge is 2.27. The number of morpholine rings is 1. The molecule has 0 unspecified atom stereocenters. The summed E-state index contributed by atoms with van der Waals surface area (Å²) in [6, 6.07) is 22.0. The molecule has 4 heterocycles. The lowest BCUT2D eigenvalue weighted by atomic mass is 10.1. The molecule has 1 saturated heterocycles. The summed E-state index contributed by atoms with van der Waals surface area (Å²) < 4.78 is 48.5. The van der Waals surface area contributed by atoms with Crippen LogP contribution < -0.4 is 19.6 Å². The lowest BCUT2D eigenvalue weighted by Gasteiger charge is -2.26. The van der Waals surface area contributed by atoms with Crippen LogP contribution in [0.1, 0.15) is 36.7 Å². The molecule has 0 radical (unpaired) electrons. The molecular weight excluding hydrogens is 689 g/mol. The van der Waals surface area contributed by atoms with Gasteiger partial charge in [0.1, 0.15) is 5.69 Å². The maximum Gasteiger partial charge on any atom is 0.291 e. The van der Waals surface area contributed by atoms with Gasteiger partial charge in [-0.2, -0.15) is 18.9 Å². The Balaban J connectivity index is 1.21. The van der Waals surface area contributed by atoms with Crippen LogP contribution in [0.2, 0.25) is 0 Å². The maximum atomic E-state index is 13.6. The summed E-state index contributed by atoms with van der Waals surface area (Å²) in [4.78, 5) is 18.8. The highest BCUT2D eigenvalue weighted by Crippen LogP contribution is 2.30. The minimum Gasteiger partial charge on any atom is -0.493 e. The zero-order valence-corrected chi connectivity index (χ0v) is 29.8. The van der Waals surface area contributed by atoms with E-state index in [2.05, 4.69) is 17.0 Å². The first kappa shape index (κ1) is 34.3. The van der Waals surface area contributed by atoms with Gasteiger partial charge in [0.05, 0.1) is 42.0 Å². The largest absolute Gasteiger partial charge is 0.493 e. The normalized spacial score (nSPS) is 14.5. The Morgan fingerprint density at radius 3 is 2.55 bits per heavy atom. The van der Waals surface area contributed by atoms with Crippen LogP contribution in [-0.4, -0.2) is 77.1 Å². The second-order valence-corrected chi connectivity index (χ2v) is 14.7. The molecule has 51 heavy (non-hydrogen) atoms. The van der Waals surface area contributed by atoms with E-state index < -0.39 is 10.0 Å². The van der Waals surface area contributed by atoms with E-state index in [-0.39, 0.29) is 10.5 Å². The highest BCUT2D eigenvalue weighted by molar-refractivity contribution is 7.89. The van der Waals surface area contributed by atoms with E-state index in [9.17, 15) is 13.2 Å². The monoisotopic (exact) mass is 724 g/mol. The highest BCUT2D eigenvalue weighted by atomic mass is 32.2. The quantitative estimate of drug-likeness (QED) is 0.161. The molecule has 0 saturated carbocycles. The molecular formula is C37H36N6O6S2. The van der Waals surface area contributed by atoms with Crippen molar-refractivity contribution in [3.05, 3.63) is 111 Å². The van der Waals surface area contributed by atoms with Gasteiger partial charge < -0.3 is 14.2 Å². The van der Waals surface area contributed by atoms with Crippen molar-refractivity contribution >= 4 is 44.5 Å². The number of aromatic nitrogens is 5. The Bertz CT molecular complexity index is 2410. The lowest BCUT2D eigenvalue weighted by molar-refractivity contribution is 0.0730. The molecule has 0 aliphatic carbocycles. The fraction of sp³-hybridized carbons (Fsp3) is 0.243. The van der Waals surface area contributed by atoms with Gasteiger partial charge in [0.25, 0.3) is 5.56 Å². The number of thiazole rings is 1. The number of fused-ring (bicyclic) bond motifs is 1. The number of para-hydroxylation sites is 1. The van der Waals surface area contributed by atoms with Crippen molar-refractivity contribution in [2.24, 2.45) is 0 Å². The van der Waals surface area contributed by atoms with Gasteiger partial charge in [-0.05, 0) is 60.5 Å². The number of hydrogen-bond donors (Lipinski definition) is 0. The average molecular weight is 725 g/mol. The molecule has 1 aliphatic rings. The second kappa shape index (κ2) is 15.0. The average Bonchev–Trinajstić information content (AvgIpc) is 3.86. The second-order valence-electron chi connectivity index (χ2n) is 11.8. The third-order valence-corrected chi connectivity index (χ3v) is 11.2. The summed E-state index contributed by atoms with van der Waals surface area (Å²) in [5.41, 5.74) is 3.12. The van der Waals surface area contributed by atoms with E-state index in [4.69, 9.17) is 19.3 Å². The first-order valence-corrected chi connectivity index (χ1v) is 18.8. The van der Waals surface area contributed by atoms with Crippen LogP contribution in [0.5, 0.6) is 11.5 Å². The van der Waals surface area contributed by atoms with Gasteiger partial charge in [-0.1, -0.05) is 67.2 Å². The number of unbranched alkanes of at least 4 members (excludes halogenated alkanes) is 1. The number of hydrogen-bond acceptors (Lipinski definition) is 10. The van der Waals surface area contributed by atoms with E-state index >= 15 is 0 Å². The molecule has 0 amide bonds. The van der Waals surface area contributed by atoms with E-state index in [0.717, 1.165) is 24.1 Å². The van der Waals surface area contributed by atoms with Crippen molar-refractivity contribution in [1.82, 2.24) is 28.7 Å². The summed E-state index contributed by atoms with van der Waals surface area (Å²) in [6.45, 7) is 4.03. The zero-order chi connectivity index (χ0) is 35.4. The molecule has 6 aromatic rings. The zero-order valence-electron chi connectivity index (χ0n) is 28.1. The minimum atomic E-state index is -3.74. The third kappa shape index (κ3) is 7.35. The van der Waals surface area contributed by atoms with Gasteiger partial charge in [-0.15, -0.1) is 5.10 Å². The molecule has 7 rings (SSSR count). The van der Waals surface area contributed by atoms with Crippen LogP contribution in [0.3, 0.4) is 0 Å². The molecule has 0 bridgehead atoms. The van der Waals surface area contributed by atoms with Crippen molar-refractivity contribution in [3.8, 4) is 28.4 Å². The van der Waals surface area contributed by atoms with Gasteiger partial charge in [0, 0.05) is 30.4 Å². The van der Waals surface area contributed by atoms with Gasteiger partial charge in [-0.3, -0.25) is 4.79 Å². The first-order chi connectivity index (χ1) is 24.8. The number of methoxy groups -OCH3 is 1. The molecule has 1 fully saturated rings. The summed E-state index contributed by atoms with van der Waals surface area (Å²) >= 11 is 1.21. The van der Waals surface area contributed by atoms with Crippen molar-refractivity contribution in [3.63, 3.8) is 0 Å². The fourth-order valence-electron chi connectivity index (χ4n) is 5.64. The maximum absolute atomic E-state index is 13.6. The number of sulfonamides is 1. The molecule has 3 aromatic carbocycles. The van der Waals surface area contributed by atoms with Gasteiger partial charge in [0.15, 0.2) is 17.3 Å². The molecule has 0 N–H and O–H groups in total. The number of nitrogens with zero attached hydrogens (tertiary/aromatic N) is 6. The molecule has 0 atom stereocenters. The van der Waals surface area contributed by atoms with Crippen LogP contribution in [0.25, 0.3) is 40.1 Å². The molecule has 14 heteroatoms. The summed E-state index contributed by atoms with van der Waals surface area (Å²) in [5, 5.41) is 9.31. The Labute approximate surface area is 298 Å². The van der Waals surface area contributed by atoms with Crippen LogP contribution in [0, 0.1) is 0 Å². The van der Waals surface area contributed by atoms with Crippen LogP contribution in [0.4, 0.5) is 0 Å². The van der Waals surface area contributed by atoms with Gasteiger partial charge in [0.2, 0.25) is 15.0 Å². The van der Waals surface area contributed by atoms with Crippen LogP contribution >= 0.6 is 11.3 Å². The summed E-state index contributed by atoms with van der Waals surface area (Å²) in [6.07, 6.45) is 9.18. The SMILES string of the molecule is CCCCOc1ccc(/C=C/c2nc3s/c(=C\c4cn(-c5ccccc5)nc4-c4cccc(S(=O)(=O)N5CCOCC5)c4)c(=O)n3n2)cc1OC. The molecule has 12 nitrogen and oxygen atoms in total. The molecule has 3 aromatic heterocycles. The van der Waals surface area contributed by atoms with E-state index in [0.29, 0.717) is 76.5 Å². The molecule has 1 aliphatic heterocycles. The third-order valence-electron chi connectivity index (χ3n) is 8.33. The predicted molar refractivity (Wildman–Crippen MR) is 197 cm³/mol. The van der Waals surface area contributed by atoms with Gasteiger partial charge >= 0.3 is 0 Å². The summed E-state index contributed by atoms with van der Waals surface area (Å²) in [7, 11) is -2.13. The standard InChI is InChI=1S/C37H36N6O6S2/c1-3-4-19-49-31-15-13-26(22-32(31)47-2)14-16-34-38-37-43(39-34)36(44)33(50-37)24-28-25-42(29-10-6-5-7-11-29)40-35(28)27-9-8-12-30(23-27)51(45,46)41-17-20-48-21-18-41/h5-16,22-25H,3-4,17-21H2,1-2H3/b16-14+,33-24-. The Kier molecular flexibility index (Phi) is 10.1. The van der Waals surface area contributed by atoms with E-state index in [1.165, 1.54) is 20.2 Å². The smallest absolute Gasteiger partial charge is 0.291 e. The number of rotatable bonds is 12. The molecule has 0 spiro atoms. The fourth-order valence-corrected chi connectivity index (χ4v) is 8.00. The Hall–Kier alpha value is -5.15.